The maximum absolute atomic E-state index is 4.65. The van der Waals surface area contributed by atoms with Crippen molar-refractivity contribution in [1.82, 2.24) is 0 Å². The van der Waals surface area contributed by atoms with Gasteiger partial charge in [-0.2, -0.15) is 0 Å². The van der Waals surface area contributed by atoms with Gasteiger partial charge in [0.15, 0.2) is 0 Å². The number of para-hydroxylation sites is 1. The Labute approximate surface area is 96.5 Å². The van der Waals surface area contributed by atoms with Gasteiger partial charge in [-0.3, -0.25) is 4.99 Å². The monoisotopic (exact) mass is 209 g/mol. The van der Waals surface area contributed by atoms with Crippen molar-refractivity contribution in [2.24, 2.45) is 4.99 Å². The Morgan fingerprint density at radius 3 is 2.19 bits per heavy atom. The molecular weight excluding hydrogens is 194 g/mol. The molecule has 1 nitrogen and oxygen atoms in total. The highest BCUT2D eigenvalue weighted by atomic mass is 14.7. The summed E-state index contributed by atoms with van der Waals surface area (Å²) >= 11 is 0. The SMILES string of the molecule is C/C(=N\c1ccccc1C)c1ccccc1. The van der Waals surface area contributed by atoms with E-state index in [9.17, 15) is 0 Å². The van der Waals surface area contributed by atoms with E-state index in [2.05, 4.69) is 30.1 Å². The van der Waals surface area contributed by atoms with E-state index in [0.29, 0.717) is 0 Å². The highest BCUT2D eigenvalue weighted by Crippen LogP contribution is 2.18. The van der Waals surface area contributed by atoms with Gasteiger partial charge in [0.25, 0.3) is 0 Å². The Morgan fingerprint density at radius 1 is 0.875 bits per heavy atom. The van der Waals surface area contributed by atoms with Gasteiger partial charge in [0.2, 0.25) is 0 Å². The van der Waals surface area contributed by atoms with E-state index < -0.39 is 0 Å². The summed E-state index contributed by atoms with van der Waals surface area (Å²) in [6.45, 7) is 4.12. The number of hydrogen-bond donors (Lipinski definition) is 0. The summed E-state index contributed by atoms with van der Waals surface area (Å²) < 4.78 is 0. The van der Waals surface area contributed by atoms with Gasteiger partial charge in [-0.1, -0.05) is 48.5 Å². The number of benzene rings is 2. The molecule has 0 saturated carbocycles. The third-order valence-electron chi connectivity index (χ3n) is 2.60. The lowest BCUT2D eigenvalue weighted by atomic mass is 10.1. The van der Waals surface area contributed by atoms with Crippen LogP contribution in [0, 0.1) is 6.92 Å². The van der Waals surface area contributed by atoms with Gasteiger partial charge in [-0.15, -0.1) is 0 Å². The van der Waals surface area contributed by atoms with E-state index in [1.54, 1.807) is 0 Å². The number of nitrogens with zero attached hydrogens (tertiary/aromatic N) is 1. The highest BCUT2D eigenvalue weighted by molar-refractivity contribution is 6.00. The highest BCUT2D eigenvalue weighted by Gasteiger charge is 1.98. The van der Waals surface area contributed by atoms with Crippen molar-refractivity contribution in [1.29, 1.82) is 0 Å². The van der Waals surface area contributed by atoms with E-state index in [0.717, 1.165) is 11.4 Å². The number of rotatable bonds is 2. The molecule has 0 radical (unpaired) electrons. The number of aryl methyl sites for hydroxylation is 1. The van der Waals surface area contributed by atoms with Crippen LogP contribution in [0.2, 0.25) is 0 Å². The molecule has 0 aliphatic carbocycles. The molecule has 80 valence electrons. The topological polar surface area (TPSA) is 12.4 Å². The van der Waals surface area contributed by atoms with Crippen molar-refractivity contribution in [2.75, 3.05) is 0 Å². The normalized spacial score (nSPS) is 11.5. The first-order valence-corrected chi connectivity index (χ1v) is 5.44. The van der Waals surface area contributed by atoms with Crippen molar-refractivity contribution in [3.05, 3.63) is 65.7 Å². The Balaban J connectivity index is 2.36. The zero-order valence-corrected chi connectivity index (χ0v) is 9.64. The summed E-state index contributed by atoms with van der Waals surface area (Å²) in [4.78, 5) is 4.65. The summed E-state index contributed by atoms with van der Waals surface area (Å²) in [5.74, 6) is 0. The van der Waals surface area contributed by atoms with E-state index in [1.165, 1.54) is 11.1 Å². The summed E-state index contributed by atoms with van der Waals surface area (Å²) in [5.41, 5.74) is 4.47. The van der Waals surface area contributed by atoms with Gasteiger partial charge >= 0.3 is 0 Å². The minimum Gasteiger partial charge on any atom is -0.253 e. The van der Waals surface area contributed by atoms with Crippen LogP contribution < -0.4 is 0 Å². The lowest BCUT2D eigenvalue weighted by Gasteiger charge is -2.03. The third kappa shape index (κ3) is 2.37. The first-order chi connectivity index (χ1) is 7.77. The lowest BCUT2D eigenvalue weighted by Crippen LogP contribution is -1.93. The summed E-state index contributed by atoms with van der Waals surface area (Å²) in [6, 6.07) is 18.4. The van der Waals surface area contributed by atoms with Crippen LogP contribution in [0.1, 0.15) is 18.1 Å². The first kappa shape index (κ1) is 10.6. The number of aliphatic imine (C=N–C) groups is 1. The average Bonchev–Trinajstić information content (AvgIpc) is 2.33. The lowest BCUT2D eigenvalue weighted by molar-refractivity contribution is 1.38. The second-order valence-electron chi connectivity index (χ2n) is 3.85. The molecule has 0 bridgehead atoms. The molecule has 16 heavy (non-hydrogen) atoms. The van der Waals surface area contributed by atoms with Gasteiger partial charge in [0, 0.05) is 5.71 Å². The van der Waals surface area contributed by atoms with Crippen molar-refractivity contribution in [3.63, 3.8) is 0 Å². The van der Waals surface area contributed by atoms with Gasteiger partial charge < -0.3 is 0 Å². The van der Waals surface area contributed by atoms with Crippen molar-refractivity contribution >= 4 is 11.4 Å². The quantitative estimate of drug-likeness (QED) is 0.659. The smallest absolute Gasteiger partial charge is 0.0662 e. The van der Waals surface area contributed by atoms with E-state index in [4.69, 9.17) is 0 Å². The van der Waals surface area contributed by atoms with Crippen LogP contribution in [-0.2, 0) is 0 Å². The zero-order chi connectivity index (χ0) is 11.4. The largest absolute Gasteiger partial charge is 0.253 e. The molecule has 0 fully saturated rings. The van der Waals surface area contributed by atoms with Crippen LogP contribution in [0.15, 0.2) is 59.6 Å². The maximum Gasteiger partial charge on any atom is 0.0662 e. The summed E-state index contributed by atoms with van der Waals surface area (Å²) in [6.07, 6.45) is 0. The Kier molecular flexibility index (Phi) is 3.16. The van der Waals surface area contributed by atoms with E-state index >= 15 is 0 Å². The van der Waals surface area contributed by atoms with Crippen LogP contribution in [0.5, 0.6) is 0 Å². The standard InChI is InChI=1S/C15H15N/c1-12-8-6-7-11-15(12)16-13(2)14-9-4-3-5-10-14/h3-11H,1-2H3/b16-13+. The van der Waals surface area contributed by atoms with Crippen LogP contribution in [0.4, 0.5) is 5.69 Å². The average molecular weight is 209 g/mol. The molecule has 2 aromatic carbocycles. The van der Waals surface area contributed by atoms with Gasteiger partial charge in [-0.25, -0.2) is 0 Å². The second-order valence-corrected chi connectivity index (χ2v) is 3.85. The molecule has 0 heterocycles. The predicted octanol–water partition coefficient (Wildman–Crippen LogP) is 4.14. The fourth-order valence-electron chi connectivity index (χ4n) is 1.61. The molecule has 0 unspecified atom stereocenters. The molecule has 0 aromatic heterocycles. The van der Waals surface area contributed by atoms with Crippen LogP contribution >= 0.6 is 0 Å². The van der Waals surface area contributed by atoms with Crippen LogP contribution in [0.25, 0.3) is 0 Å². The van der Waals surface area contributed by atoms with Gasteiger partial charge in [0.05, 0.1) is 5.69 Å². The summed E-state index contributed by atoms with van der Waals surface area (Å²) in [5, 5.41) is 0. The molecule has 0 aliphatic heterocycles. The molecular formula is C15H15N. The Bertz CT molecular complexity index is 498. The second kappa shape index (κ2) is 4.75. The Hall–Kier alpha value is -1.89. The van der Waals surface area contributed by atoms with Gasteiger partial charge in [0.1, 0.15) is 0 Å². The minimum atomic E-state index is 1.05. The fourth-order valence-corrected chi connectivity index (χ4v) is 1.61. The molecule has 0 atom stereocenters. The molecule has 1 heteroatoms. The minimum absolute atomic E-state index is 1.05. The van der Waals surface area contributed by atoms with Crippen LogP contribution in [0.3, 0.4) is 0 Å². The molecule has 2 aromatic rings. The zero-order valence-electron chi connectivity index (χ0n) is 9.64. The third-order valence-corrected chi connectivity index (χ3v) is 2.60. The van der Waals surface area contributed by atoms with E-state index in [1.807, 2.05) is 43.3 Å². The van der Waals surface area contributed by atoms with Crippen molar-refractivity contribution in [3.8, 4) is 0 Å². The molecule has 0 spiro atoms. The predicted molar refractivity (Wildman–Crippen MR) is 69.5 cm³/mol. The van der Waals surface area contributed by atoms with Crippen molar-refractivity contribution in [2.45, 2.75) is 13.8 Å². The van der Waals surface area contributed by atoms with E-state index in [-0.39, 0.29) is 0 Å². The molecule has 0 amide bonds. The van der Waals surface area contributed by atoms with Crippen LogP contribution in [-0.4, -0.2) is 5.71 Å². The summed E-state index contributed by atoms with van der Waals surface area (Å²) in [7, 11) is 0. The van der Waals surface area contributed by atoms with Gasteiger partial charge in [-0.05, 0) is 31.0 Å². The number of hydrogen-bond acceptors (Lipinski definition) is 1. The maximum atomic E-state index is 4.65. The Morgan fingerprint density at radius 2 is 1.50 bits per heavy atom. The van der Waals surface area contributed by atoms with Crippen molar-refractivity contribution < 1.29 is 0 Å². The molecule has 0 aliphatic rings. The molecule has 2 rings (SSSR count). The molecule has 0 saturated heterocycles. The molecule has 0 N–H and O–H groups in total. The first-order valence-electron chi connectivity index (χ1n) is 5.44. The fraction of sp³-hybridized carbons (Fsp3) is 0.133.